The predicted octanol–water partition coefficient (Wildman–Crippen LogP) is 5.09. The third-order valence-electron chi connectivity index (χ3n) is 5.71. The Morgan fingerprint density at radius 2 is 1.72 bits per heavy atom. The summed E-state index contributed by atoms with van der Waals surface area (Å²) in [6.45, 7) is 2.78. The molecule has 0 aliphatic carbocycles. The molecule has 2 atom stereocenters. The van der Waals surface area contributed by atoms with E-state index in [1.807, 2.05) is 43.5 Å². The Balaban J connectivity index is 1.74. The number of aromatic nitrogens is 1. The molecule has 2 aromatic carbocycles. The van der Waals surface area contributed by atoms with E-state index in [9.17, 15) is 9.90 Å². The second-order valence-electron chi connectivity index (χ2n) is 7.74. The average molecular weight is 386 g/mol. The van der Waals surface area contributed by atoms with Crippen molar-refractivity contribution in [3.8, 4) is 11.1 Å². The lowest BCUT2D eigenvalue weighted by Gasteiger charge is -2.39. The number of carbonyl (C=O) groups is 1. The van der Waals surface area contributed by atoms with Crippen LogP contribution in [0.25, 0.3) is 11.1 Å². The zero-order valence-electron chi connectivity index (χ0n) is 16.7. The van der Waals surface area contributed by atoms with Gasteiger partial charge < -0.3 is 5.11 Å². The smallest absolute Gasteiger partial charge is 0.320 e. The van der Waals surface area contributed by atoms with E-state index in [1.165, 1.54) is 5.56 Å². The lowest BCUT2D eigenvalue weighted by molar-refractivity contribution is -0.145. The molecule has 1 fully saturated rings. The summed E-state index contributed by atoms with van der Waals surface area (Å²) in [5.41, 5.74) is 5.40. The number of hydrogen-bond acceptors (Lipinski definition) is 3. The van der Waals surface area contributed by atoms with E-state index in [4.69, 9.17) is 0 Å². The van der Waals surface area contributed by atoms with Crippen molar-refractivity contribution in [2.45, 2.75) is 38.3 Å². The Hall–Kier alpha value is -2.98. The number of carboxylic acids is 1. The zero-order valence-corrected chi connectivity index (χ0v) is 16.7. The number of likely N-dealkylation sites (tertiary alicyclic amines) is 1. The van der Waals surface area contributed by atoms with E-state index in [-0.39, 0.29) is 6.04 Å². The molecule has 148 valence electrons. The number of pyridine rings is 1. The molecular weight excluding hydrogens is 360 g/mol. The molecule has 4 nitrogen and oxygen atoms in total. The molecule has 3 aromatic rings. The summed E-state index contributed by atoms with van der Waals surface area (Å²) in [7, 11) is 0. The fraction of sp³-hybridized carbons (Fsp3) is 0.280. The quantitative estimate of drug-likeness (QED) is 0.664. The van der Waals surface area contributed by atoms with Crippen molar-refractivity contribution in [2.75, 3.05) is 6.54 Å². The first-order chi connectivity index (χ1) is 14.1. The molecule has 0 spiro atoms. The van der Waals surface area contributed by atoms with Gasteiger partial charge in [0.1, 0.15) is 6.04 Å². The van der Waals surface area contributed by atoms with Crippen LogP contribution in [-0.4, -0.2) is 33.5 Å². The average Bonchev–Trinajstić information content (AvgIpc) is 2.77. The molecule has 0 radical (unpaired) electrons. The van der Waals surface area contributed by atoms with E-state index >= 15 is 0 Å². The third kappa shape index (κ3) is 4.22. The minimum absolute atomic E-state index is 0.165. The Kier molecular flexibility index (Phi) is 5.72. The Morgan fingerprint density at radius 1 is 1.00 bits per heavy atom. The van der Waals surface area contributed by atoms with Gasteiger partial charge in [0, 0.05) is 6.20 Å². The van der Waals surface area contributed by atoms with Gasteiger partial charge in [-0.15, -0.1) is 0 Å². The summed E-state index contributed by atoms with van der Waals surface area (Å²) in [5, 5.41) is 9.83. The first-order valence-electron chi connectivity index (χ1n) is 10.2. The minimum atomic E-state index is -0.747. The van der Waals surface area contributed by atoms with Crippen molar-refractivity contribution >= 4 is 5.97 Å². The van der Waals surface area contributed by atoms with Gasteiger partial charge in [-0.25, -0.2) is 0 Å². The SMILES string of the molecule is Cc1ccc(C(c2ccc(-c3ccccc3)cc2)N2CCCCC2C(=O)O)nc1. The number of aliphatic carboxylic acids is 1. The van der Waals surface area contributed by atoms with Crippen LogP contribution in [-0.2, 0) is 4.79 Å². The molecule has 1 saturated heterocycles. The lowest BCUT2D eigenvalue weighted by Crippen LogP contribution is -2.47. The van der Waals surface area contributed by atoms with Crippen LogP contribution in [0, 0.1) is 6.92 Å². The molecule has 2 heterocycles. The van der Waals surface area contributed by atoms with Crippen molar-refractivity contribution in [1.29, 1.82) is 0 Å². The van der Waals surface area contributed by atoms with Gasteiger partial charge in [-0.05, 0) is 54.6 Å². The summed E-state index contributed by atoms with van der Waals surface area (Å²) < 4.78 is 0. The highest BCUT2D eigenvalue weighted by molar-refractivity contribution is 5.73. The van der Waals surface area contributed by atoms with Crippen molar-refractivity contribution in [3.63, 3.8) is 0 Å². The summed E-state index contributed by atoms with van der Waals surface area (Å²) >= 11 is 0. The second-order valence-corrected chi connectivity index (χ2v) is 7.74. The lowest BCUT2D eigenvalue weighted by atomic mass is 9.93. The largest absolute Gasteiger partial charge is 0.480 e. The molecule has 1 N–H and O–H groups in total. The van der Waals surface area contributed by atoms with Gasteiger partial charge in [0.25, 0.3) is 0 Å². The van der Waals surface area contributed by atoms with E-state index in [0.29, 0.717) is 6.42 Å². The Labute approximate surface area is 171 Å². The number of hydrogen-bond donors (Lipinski definition) is 1. The van der Waals surface area contributed by atoms with Crippen LogP contribution < -0.4 is 0 Å². The standard InChI is InChI=1S/C25H26N2O2/c1-18-10-15-22(26-17-18)24(27-16-6-5-9-23(27)25(28)29)21-13-11-20(12-14-21)19-7-3-2-4-8-19/h2-4,7-8,10-15,17,23-24H,5-6,9,16H2,1H3,(H,28,29). The minimum Gasteiger partial charge on any atom is -0.480 e. The van der Waals surface area contributed by atoms with Crippen LogP contribution in [0.5, 0.6) is 0 Å². The van der Waals surface area contributed by atoms with Gasteiger partial charge >= 0.3 is 5.97 Å². The molecule has 4 rings (SSSR count). The molecule has 2 unspecified atom stereocenters. The summed E-state index contributed by atoms with van der Waals surface area (Å²) in [4.78, 5) is 18.7. The third-order valence-corrected chi connectivity index (χ3v) is 5.71. The Bertz CT molecular complexity index is 952. The molecule has 4 heteroatoms. The highest BCUT2D eigenvalue weighted by atomic mass is 16.4. The molecule has 1 aliphatic heterocycles. The second kappa shape index (κ2) is 8.58. The van der Waals surface area contributed by atoms with Gasteiger partial charge in [0.15, 0.2) is 0 Å². The van der Waals surface area contributed by atoms with Crippen LogP contribution in [0.3, 0.4) is 0 Å². The molecule has 1 aliphatic rings. The highest BCUT2D eigenvalue weighted by Crippen LogP contribution is 2.34. The normalized spacial score (nSPS) is 18.3. The zero-order chi connectivity index (χ0) is 20.2. The molecule has 0 bridgehead atoms. The van der Waals surface area contributed by atoms with Gasteiger partial charge in [0.2, 0.25) is 0 Å². The highest BCUT2D eigenvalue weighted by Gasteiger charge is 2.35. The van der Waals surface area contributed by atoms with E-state index in [2.05, 4.69) is 46.3 Å². The first-order valence-corrected chi connectivity index (χ1v) is 10.2. The maximum absolute atomic E-state index is 12.0. The molecule has 0 saturated carbocycles. The number of rotatable bonds is 5. The fourth-order valence-corrected chi connectivity index (χ4v) is 4.19. The summed E-state index contributed by atoms with van der Waals surface area (Å²) in [5.74, 6) is -0.747. The number of carboxylic acid groups (broad SMARTS) is 1. The number of aryl methyl sites for hydroxylation is 1. The van der Waals surface area contributed by atoms with E-state index in [1.54, 1.807) is 0 Å². The van der Waals surface area contributed by atoms with Crippen LogP contribution >= 0.6 is 0 Å². The van der Waals surface area contributed by atoms with E-state index in [0.717, 1.165) is 41.8 Å². The van der Waals surface area contributed by atoms with E-state index < -0.39 is 12.0 Å². The first kappa shape index (κ1) is 19.3. The maximum atomic E-state index is 12.0. The van der Waals surface area contributed by atoms with Crippen LogP contribution in [0.2, 0.25) is 0 Å². The monoisotopic (exact) mass is 386 g/mol. The van der Waals surface area contributed by atoms with Crippen LogP contribution in [0.1, 0.15) is 42.1 Å². The summed E-state index contributed by atoms with van der Waals surface area (Å²) in [6.07, 6.45) is 4.50. The summed E-state index contributed by atoms with van der Waals surface area (Å²) in [6, 6.07) is 22.2. The van der Waals surface area contributed by atoms with Gasteiger partial charge in [-0.2, -0.15) is 0 Å². The predicted molar refractivity (Wildman–Crippen MR) is 115 cm³/mol. The van der Waals surface area contributed by atoms with Crippen molar-refractivity contribution in [2.24, 2.45) is 0 Å². The molecule has 1 aromatic heterocycles. The van der Waals surface area contributed by atoms with Gasteiger partial charge in [0.05, 0.1) is 11.7 Å². The molecule has 0 amide bonds. The molecule has 29 heavy (non-hydrogen) atoms. The number of nitrogens with zero attached hydrogens (tertiary/aromatic N) is 2. The number of benzene rings is 2. The fourth-order valence-electron chi connectivity index (χ4n) is 4.19. The Morgan fingerprint density at radius 3 is 2.38 bits per heavy atom. The van der Waals surface area contributed by atoms with Crippen molar-refractivity contribution < 1.29 is 9.90 Å². The van der Waals surface area contributed by atoms with Gasteiger partial charge in [-0.3, -0.25) is 14.7 Å². The molecular formula is C25H26N2O2. The maximum Gasteiger partial charge on any atom is 0.320 e. The van der Waals surface area contributed by atoms with Crippen molar-refractivity contribution in [1.82, 2.24) is 9.88 Å². The number of piperidine rings is 1. The van der Waals surface area contributed by atoms with Crippen LogP contribution in [0.4, 0.5) is 0 Å². The topological polar surface area (TPSA) is 53.4 Å². The van der Waals surface area contributed by atoms with Crippen LogP contribution in [0.15, 0.2) is 72.9 Å². The van der Waals surface area contributed by atoms with Gasteiger partial charge in [-0.1, -0.05) is 67.1 Å². The van der Waals surface area contributed by atoms with Crippen molar-refractivity contribution in [3.05, 3.63) is 89.7 Å².